The Hall–Kier alpha value is -2.43. The van der Waals surface area contributed by atoms with Crippen molar-refractivity contribution in [1.29, 1.82) is 0 Å². The average molecular weight is 391 g/mol. The summed E-state index contributed by atoms with van der Waals surface area (Å²) in [5, 5.41) is 10.0. The standard InChI is InChI=1S/C24H26N2OS/c1-2-3-4-6-9-18-12-14-20(15-13-18)23-21(17-27)26-16-22(28-24(26)25-23)19-10-7-5-8-11-19/h5,7-8,10-16,27H,2-4,6,9,17H2,1H3. The van der Waals surface area contributed by atoms with Crippen molar-refractivity contribution in [3.63, 3.8) is 0 Å². The highest BCUT2D eigenvalue weighted by Crippen LogP contribution is 2.33. The van der Waals surface area contributed by atoms with Gasteiger partial charge in [-0.1, -0.05) is 92.1 Å². The first-order valence-electron chi connectivity index (χ1n) is 10.1. The summed E-state index contributed by atoms with van der Waals surface area (Å²) in [4.78, 5) is 6.91. The molecule has 4 rings (SSSR count). The molecule has 0 aliphatic carbocycles. The van der Waals surface area contributed by atoms with E-state index in [0.717, 1.165) is 33.2 Å². The van der Waals surface area contributed by atoms with E-state index >= 15 is 0 Å². The number of fused-ring (bicyclic) bond motifs is 1. The summed E-state index contributed by atoms with van der Waals surface area (Å²) in [5.74, 6) is 0. The number of aliphatic hydroxyl groups excluding tert-OH is 1. The second kappa shape index (κ2) is 8.72. The molecule has 0 bridgehead atoms. The minimum atomic E-state index is -0.0275. The number of aliphatic hydroxyl groups is 1. The molecule has 0 saturated heterocycles. The number of hydrogen-bond donors (Lipinski definition) is 1. The highest BCUT2D eigenvalue weighted by Gasteiger charge is 2.16. The fraction of sp³-hybridized carbons (Fsp3) is 0.292. The monoisotopic (exact) mass is 390 g/mol. The van der Waals surface area contributed by atoms with Crippen LogP contribution in [0.1, 0.15) is 43.9 Å². The molecule has 28 heavy (non-hydrogen) atoms. The molecule has 3 nitrogen and oxygen atoms in total. The summed E-state index contributed by atoms with van der Waals surface area (Å²) in [6.07, 6.45) is 8.34. The topological polar surface area (TPSA) is 37.5 Å². The van der Waals surface area contributed by atoms with Crippen molar-refractivity contribution in [2.24, 2.45) is 0 Å². The Morgan fingerprint density at radius 2 is 1.71 bits per heavy atom. The molecule has 0 amide bonds. The summed E-state index contributed by atoms with van der Waals surface area (Å²) in [7, 11) is 0. The first kappa shape index (κ1) is 18.9. The second-order valence-corrected chi connectivity index (χ2v) is 8.20. The number of aromatic nitrogens is 2. The summed E-state index contributed by atoms with van der Waals surface area (Å²) in [6, 6.07) is 19.0. The van der Waals surface area contributed by atoms with Gasteiger partial charge in [-0.05, 0) is 24.0 Å². The fourth-order valence-corrected chi connectivity index (χ4v) is 4.60. The number of aryl methyl sites for hydroxylation is 1. The van der Waals surface area contributed by atoms with Gasteiger partial charge in [-0.25, -0.2) is 4.98 Å². The van der Waals surface area contributed by atoms with E-state index in [0.29, 0.717) is 0 Å². The predicted molar refractivity (Wildman–Crippen MR) is 118 cm³/mol. The van der Waals surface area contributed by atoms with Gasteiger partial charge in [0.1, 0.15) is 0 Å². The highest BCUT2D eigenvalue weighted by atomic mass is 32.1. The molecule has 2 aromatic heterocycles. The molecule has 0 atom stereocenters. The number of nitrogens with zero attached hydrogens (tertiary/aromatic N) is 2. The maximum Gasteiger partial charge on any atom is 0.195 e. The zero-order valence-corrected chi connectivity index (χ0v) is 17.1. The third-order valence-electron chi connectivity index (χ3n) is 5.18. The van der Waals surface area contributed by atoms with E-state index in [1.807, 2.05) is 22.6 Å². The van der Waals surface area contributed by atoms with Crippen LogP contribution < -0.4 is 0 Å². The minimum Gasteiger partial charge on any atom is -0.390 e. The largest absolute Gasteiger partial charge is 0.390 e. The Morgan fingerprint density at radius 3 is 2.43 bits per heavy atom. The highest BCUT2D eigenvalue weighted by molar-refractivity contribution is 7.20. The van der Waals surface area contributed by atoms with Crippen LogP contribution in [-0.4, -0.2) is 14.5 Å². The number of rotatable bonds is 8. The van der Waals surface area contributed by atoms with Crippen LogP contribution in [0.2, 0.25) is 0 Å². The second-order valence-electron chi connectivity index (χ2n) is 7.19. The van der Waals surface area contributed by atoms with Crippen molar-refractivity contribution in [2.75, 3.05) is 0 Å². The molecule has 1 N–H and O–H groups in total. The molecule has 2 heterocycles. The molecular formula is C24H26N2OS. The van der Waals surface area contributed by atoms with Crippen molar-refractivity contribution in [2.45, 2.75) is 45.6 Å². The molecular weight excluding hydrogens is 364 g/mol. The van der Waals surface area contributed by atoms with Crippen LogP contribution in [0.25, 0.3) is 26.7 Å². The number of thiazole rings is 1. The van der Waals surface area contributed by atoms with Gasteiger partial charge in [-0.15, -0.1) is 0 Å². The van der Waals surface area contributed by atoms with Gasteiger partial charge in [0.2, 0.25) is 0 Å². The minimum absolute atomic E-state index is 0.0275. The van der Waals surface area contributed by atoms with E-state index in [1.54, 1.807) is 11.3 Å². The number of benzene rings is 2. The van der Waals surface area contributed by atoms with Gasteiger partial charge >= 0.3 is 0 Å². The van der Waals surface area contributed by atoms with Crippen molar-refractivity contribution in [3.8, 4) is 21.7 Å². The Balaban J connectivity index is 1.59. The lowest BCUT2D eigenvalue weighted by atomic mass is 10.0. The molecule has 0 fully saturated rings. The van der Waals surface area contributed by atoms with Crippen LogP contribution in [0.3, 0.4) is 0 Å². The lowest BCUT2D eigenvalue weighted by Gasteiger charge is -2.05. The van der Waals surface area contributed by atoms with Gasteiger partial charge in [0.25, 0.3) is 0 Å². The van der Waals surface area contributed by atoms with Crippen LogP contribution in [0.4, 0.5) is 0 Å². The van der Waals surface area contributed by atoms with E-state index in [1.165, 1.54) is 36.8 Å². The van der Waals surface area contributed by atoms with Crippen LogP contribution in [0, 0.1) is 0 Å². The zero-order chi connectivity index (χ0) is 19.3. The lowest BCUT2D eigenvalue weighted by Crippen LogP contribution is -1.93. The summed E-state index contributed by atoms with van der Waals surface area (Å²) < 4.78 is 2.03. The van der Waals surface area contributed by atoms with E-state index in [9.17, 15) is 5.11 Å². The molecule has 0 saturated carbocycles. The maximum atomic E-state index is 10.0. The molecule has 0 spiro atoms. The average Bonchev–Trinajstić information content (AvgIpc) is 3.30. The van der Waals surface area contributed by atoms with Gasteiger partial charge in [-0.2, -0.15) is 0 Å². The Kier molecular flexibility index (Phi) is 5.89. The fourth-order valence-electron chi connectivity index (χ4n) is 3.59. The molecule has 0 unspecified atom stereocenters. The molecule has 4 heteroatoms. The quantitative estimate of drug-likeness (QED) is 0.356. The third kappa shape index (κ3) is 3.89. The van der Waals surface area contributed by atoms with Crippen molar-refractivity contribution >= 4 is 16.3 Å². The lowest BCUT2D eigenvalue weighted by molar-refractivity contribution is 0.276. The van der Waals surface area contributed by atoms with Gasteiger partial charge in [0.15, 0.2) is 4.96 Å². The first-order chi connectivity index (χ1) is 13.8. The zero-order valence-electron chi connectivity index (χ0n) is 16.3. The Labute approximate surface area is 170 Å². The molecule has 0 aliphatic heterocycles. The first-order valence-corrected chi connectivity index (χ1v) is 10.9. The van der Waals surface area contributed by atoms with Crippen molar-refractivity contribution in [3.05, 3.63) is 72.1 Å². The number of unbranched alkanes of at least 4 members (excludes halogenated alkanes) is 3. The van der Waals surface area contributed by atoms with E-state index in [2.05, 4.69) is 49.5 Å². The van der Waals surface area contributed by atoms with Crippen LogP contribution in [0.5, 0.6) is 0 Å². The Bertz CT molecular complexity index is 1030. The molecule has 4 aromatic rings. The molecule has 0 aliphatic rings. The normalized spacial score (nSPS) is 11.4. The number of hydrogen-bond acceptors (Lipinski definition) is 3. The SMILES string of the molecule is CCCCCCc1ccc(-c2nc3sc(-c4ccccc4)cn3c2CO)cc1. The van der Waals surface area contributed by atoms with Gasteiger partial charge in [-0.3, -0.25) is 4.40 Å². The van der Waals surface area contributed by atoms with Crippen LogP contribution in [0.15, 0.2) is 60.8 Å². The summed E-state index contributed by atoms with van der Waals surface area (Å²) in [6.45, 7) is 2.21. The predicted octanol–water partition coefficient (Wildman–Crippen LogP) is 6.34. The maximum absolute atomic E-state index is 10.0. The van der Waals surface area contributed by atoms with E-state index in [4.69, 9.17) is 4.98 Å². The van der Waals surface area contributed by atoms with Gasteiger partial charge < -0.3 is 5.11 Å². The summed E-state index contributed by atoms with van der Waals surface area (Å²) in [5.41, 5.74) is 5.35. The van der Waals surface area contributed by atoms with Crippen LogP contribution >= 0.6 is 11.3 Å². The van der Waals surface area contributed by atoms with Crippen molar-refractivity contribution in [1.82, 2.24) is 9.38 Å². The van der Waals surface area contributed by atoms with Gasteiger partial charge in [0.05, 0.1) is 22.9 Å². The number of imidazole rings is 1. The smallest absolute Gasteiger partial charge is 0.195 e. The van der Waals surface area contributed by atoms with Gasteiger partial charge in [0, 0.05) is 11.8 Å². The third-order valence-corrected chi connectivity index (χ3v) is 6.21. The van der Waals surface area contributed by atoms with E-state index in [-0.39, 0.29) is 6.61 Å². The molecule has 144 valence electrons. The van der Waals surface area contributed by atoms with Crippen molar-refractivity contribution < 1.29 is 5.11 Å². The summed E-state index contributed by atoms with van der Waals surface area (Å²) >= 11 is 1.65. The van der Waals surface area contributed by atoms with Crippen LogP contribution in [-0.2, 0) is 13.0 Å². The van der Waals surface area contributed by atoms with E-state index < -0.39 is 0 Å². The molecule has 2 aromatic carbocycles. The molecule has 0 radical (unpaired) electrons. The Morgan fingerprint density at radius 1 is 0.929 bits per heavy atom.